The summed E-state index contributed by atoms with van der Waals surface area (Å²) in [4.78, 5) is 0.458. The Labute approximate surface area is 109 Å². The highest BCUT2D eigenvalue weighted by Gasteiger charge is 2.27. The fraction of sp³-hybridized carbons (Fsp3) is 0.500. The number of rotatable bonds is 4. The lowest BCUT2D eigenvalue weighted by molar-refractivity contribution is 0.362. The second-order valence-corrected chi connectivity index (χ2v) is 5.75. The standard InChI is InChI=1S/C14H20N2S/c1-14(8-2-3-9-14)10-16-12-6-4-11(5-7-12)13(15)17/h4-7,16H,2-3,8-10H2,1H3,(H2,15,17). The molecule has 2 rings (SSSR count). The van der Waals surface area contributed by atoms with Gasteiger partial charge in [0.25, 0.3) is 0 Å². The lowest BCUT2D eigenvalue weighted by Gasteiger charge is -2.24. The van der Waals surface area contributed by atoms with Gasteiger partial charge in [-0.25, -0.2) is 0 Å². The van der Waals surface area contributed by atoms with E-state index in [0.29, 0.717) is 10.4 Å². The van der Waals surface area contributed by atoms with E-state index in [2.05, 4.69) is 12.2 Å². The smallest absolute Gasteiger partial charge is 0.103 e. The summed E-state index contributed by atoms with van der Waals surface area (Å²) in [5.74, 6) is 0. The van der Waals surface area contributed by atoms with Crippen molar-refractivity contribution in [3.8, 4) is 0 Å². The Morgan fingerprint density at radius 1 is 1.29 bits per heavy atom. The molecule has 0 atom stereocenters. The van der Waals surface area contributed by atoms with Crippen molar-refractivity contribution in [3.63, 3.8) is 0 Å². The van der Waals surface area contributed by atoms with Crippen molar-refractivity contribution < 1.29 is 0 Å². The van der Waals surface area contributed by atoms with Gasteiger partial charge < -0.3 is 11.1 Å². The molecule has 0 bridgehead atoms. The normalized spacial score (nSPS) is 17.9. The molecule has 0 amide bonds. The van der Waals surface area contributed by atoms with Gasteiger partial charge in [-0.15, -0.1) is 0 Å². The molecule has 0 spiro atoms. The van der Waals surface area contributed by atoms with E-state index < -0.39 is 0 Å². The molecule has 1 aliphatic carbocycles. The van der Waals surface area contributed by atoms with Gasteiger partial charge in [-0.2, -0.15) is 0 Å². The van der Waals surface area contributed by atoms with Crippen LogP contribution in [0.25, 0.3) is 0 Å². The molecule has 1 aromatic rings. The molecular formula is C14H20N2S. The molecule has 0 aliphatic heterocycles. The van der Waals surface area contributed by atoms with Crippen LogP contribution in [0.4, 0.5) is 5.69 Å². The average molecular weight is 248 g/mol. The minimum atomic E-state index is 0.458. The summed E-state index contributed by atoms with van der Waals surface area (Å²) in [6, 6.07) is 8.04. The van der Waals surface area contributed by atoms with Gasteiger partial charge in [-0.1, -0.05) is 32.0 Å². The van der Waals surface area contributed by atoms with E-state index in [9.17, 15) is 0 Å². The Balaban J connectivity index is 1.93. The van der Waals surface area contributed by atoms with Crippen LogP contribution in [0.2, 0.25) is 0 Å². The van der Waals surface area contributed by atoms with E-state index in [4.69, 9.17) is 18.0 Å². The third-order valence-electron chi connectivity index (χ3n) is 3.70. The molecule has 0 radical (unpaired) electrons. The Bertz CT molecular complexity index is 391. The zero-order valence-electron chi connectivity index (χ0n) is 10.3. The van der Waals surface area contributed by atoms with Gasteiger partial charge in [0.15, 0.2) is 0 Å². The van der Waals surface area contributed by atoms with Crippen LogP contribution < -0.4 is 11.1 Å². The SMILES string of the molecule is CC1(CNc2ccc(C(N)=S)cc2)CCCC1. The van der Waals surface area contributed by atoms with Crippen LogP contribution in [0.5, 0.6) is 0 Å². The van der Waals surface area contributed by atoms with Gasteiger partial charge in [0.2, 0.25) is 0 Å². The topological polar surface area (TPSA) is 38.0 Å². The van der Waals surface area contributed by atoms with Crippen molar-refractivity contribution in [3.05, 3.63) is 29.8 Å². The molecule has 1 saturated carbocycles. The molecule has 0 unspecified atom stereocenters. The van der Waals surface area contributed by atoms with Crippen molar-refractivity contribution in [2.75, 3.05) is 11.9 Å². The van der Waals surface area contributed by atoms with Gasteiger partial charge in [-0.05, 0) is 42.5 Å². The van der Waals surface area contributed by atoms with Crippen LogP contribution >= 0.6 is 12.2 Å². The maximum Gasteiger partial charge on any atom is 0.103 e. The molecule has 1 fully saturated rings. The van der Waals surface area contributed by atoms with Crippen molar-refractivity contribution in [2.45, 2.75) is 32.6 Å². The predicted molar refractivity (Wildman–Crippen MR) is 77.4 cm³/mol. The minimum Gasteiger partial charge on any atom is -0.389 e. The molecule has 0 aromatic heterocycles. The van der Waals surface area contributed by atoms with Gasteiger partial charge in [0.05, 0.1) is 0 Å². The fourth-order valence-electron chi connectivity index (χ4n) is 2.47. The van der Waals surface area contributed by atoms with E-state index in [-0.39, 0.29) is 0 Å². The van der Waals surface area contributed by atoms with E-state index >= 15 is 0 Å². The first-order chi connectivity index (χ1) is 8.09. The molecule has 92 valence electrons. The summed E-state index contributed by atoms with van der Waals surface area (Å²) in [6.45, 7) is 3.43. The Kier molecular flexibility index (Phi) is 3.67. The van der Waals surface area contributed by atoms with Crippen molar-refractivity contribution >= 4 is 22.9 Å². The minimum absolute atomic E-state index is 0.458. The number of hydrogen-bond acceptors (Lipinski definition) is 2. The number of benzene rings is 1. The quantitative estimate of drug-likeness (QED) is 0.803. The molecular weight excluding hydrogens is 228 g/mol. The molecule has 17 heavy (non-hydrogen) atoms. The van der Waals surface area contributed by atoms with Crippen LogP contribution in [0, 0.1) is 5.41 Å². The zero-order valence-corrected chi connectivity index (χ0v) is 11.1. The van der Waals surface area contributed by atoms with Crippen LogP contribution in [0.15, 0.2) is 24.3 Å². The molecule has 0 saturated heterocycles. The average Bonchev–Trinajstić information content (AvgIpc) is 2.75. The number of nitrogens with one attached hydrogen (secondary N) is 1. The number of anilines is 1. The summed E-state index contributed by atoms with van der Waals surface area (Å²) >= 11 is 4.93. The Morgan fingerprint density at radius 3 is 2.41 bits per heavy atom. The molecule has 3 N–H and O–H groups in total. The second kappa shape index (κ2) is 5.05. The van der Waals surface area contributed by atoms with Crippen LogP contribution in [-0.2, 0) is 0 Å². The first-order valence-electron chi connectivity index (χ1n) is 6.23. The molecule has 2 nitrogen and oxygen atoms in total. The monoisotopic (exact) mass is 248 g/mol. The van der Waals surface area contributed by atoms with E-state index in [1.807, 2.05) is 24.3 Å². The zero-order chi connectivity index (χ0) is 12.3. The predicted octanol–water partition coefficient (Wildman–Crippen LogP) is 3.31. The lowest BCUT2D eigenvalue weighted by atomic mass is 9.89. The van der Waals surface area contributed by atoms with Gasteiger partial charge in [0, 0.05) is 17.8 Å². The maximum absolute atomic E-state index is 5.57. The van der Waals surface area contributed by atoms with Crippen molar-refractivity contribution in [1.29, 1.82) is 0 Å². The molecule has 0 heterocycles. The van der Waals surface area contributed by atoms with Crippen LogP contribution in [0.1, 0.15) is 38.2 Å². The first kappa shape index (κ1) is 12.4. The maximum atomic E-state index is 5.57. The third kappa shape index (κ3) is 3.19. The van der Waals surface area contributed by atoms with Crippen LogP contribution in [-0.4, -0.2) is 11.5 Å². The second-order valence-electron chi connectivity index (χ2n) is 5.31. The van der Waals surface area contributed by atoms with Gasteiger partial charge >= 0.3 is 0 Å². The van der Waals surface area contributed by atoms with Crippen molar-refractivity contribution in [1.82, 2.24) is 0 Å². The highest BCUT2D eigenvalue weighted by molar-refractivity contribution is 7.80. The highest BCUT2D eigenvalue weighted by Crippen LogP contribution is 2.37. The fourth-order valence-corrected chi connectivity index (χ4v) is 2.61. The summed E-state index contributed by atoms with van der Waals surface area (Å²) < 4.78 is 0. The number of nitrogens with two attached hydrogens (primary N) is 1. The van der Waals surface area contributed by atoms with Gasteiger partial charge in [-0.3, -0.25) is 0 Å². The lowest BCUT2D eigenvalue weighted by Crippen LogP contribution is -2.22. The summed E-state index contributed by atoms with van der Waals surface area (Å²) in [5.41, 5.74) is 8.12. The summed E-state index contributed by atoms with van der Waals surface area (Å²) in [5, 5.41) is 3.51. The summed E-state index contributed by atoms with van der Waals surface area (Å²) in [7, 11) is 0. The van der Waals surface area contributed by atoms with Gasteiger partial charge in [0.1, 0.15) is 4.99 Å². The van der Waals surface area contributed by atoms with Crippen molar-refractivity contribution in [2.24, 2.45) is 11.1 Å². The van der Waals surface area contributed by atoms with E-state index in [0.717, 1.165) is 17.8 Å². The Morgan fingerprint density at radius 2 is 1.88 bits per heavy atom. The largest absolute Gasteiger partial charge is 0.389 e. The molecule has 3 heteroatoms. The molecule has 1 aromatic carbocycles. The third-order valence-corrected chi connectivity index (χ3v) is 3.94. The number of thiocarbonyl (C=S) groups is 1. The number of hydrogen-bond donors (Lipinski definition) is 2. The van der Waals surface area contributed by atoms with Crippen LogP contribution in [0.3, 0.4) is 0 Å². The van der Waals surface area contributed by atoms with E-state index in [1.165, 1.54) is 25.7 Å². The summed E-state index contributed by atoms with van der Waals surface area (Å²) in [6.07, 6.45) is 5.42. The Hall–Kier alpha value is -1.09. The first-order valence-corrected chi connectivity index (χ1v) is 6.64. The van der Waals surface area contributed by atoms with E-state index in [1.54, 1.807) is 0 Å². The molecule has 1 aliphatic rings. The highest BCUT2D eigenvalue weighted by atomic mass is 32.1.